The molecule has 0 N–H and O–H groups in total. The molecule has 6 nitrogen and oxygen atoms in total. The van der Waals surface area contributed by atoms with E-state index in [-0.39, 0.29) is 12.6 Å². The highest BCUT2D eigenvalue weighted by Crippen LogP contribution is 2.40. The maximum Gasteiger partial charge on any atom is 0.516 e. The van der Waals surface area contributed by atoms with Gasteiger partial charge in [0.05, 0.1) is 12.2 Å². The van der Waals surface area contributed by atoms with E-state index in [0.717, 1.165) is 35.2 Å². The normalized spacial score (nSPS) is 14.6. The van der Waals surface area contributed by atoms with Gasteiger partial charge in [-0.25, -0.2) is 4.79 Å². The number of carbonyl (C=O) groups excluding carboxylic acids is 1. The van der Waals surface area contributed by atoms with Gasteiger partial charge in [-0.05, 0) is 38.1 Å². The molecule has 1 aromatic carbocycles. The summed E-state index contributed by atoms with van der Waals surface area (Å²) in [6.45, 7) is 3.62. The number of benzene rings is 1. The Morgan fingerprint density at radius 1 is 1.35 bits per heavy atom. The minimum Gasteiger partial charge on any atom is -0.434 e. The maximum atomic E-state index is 11.7. The summed E-state index contributed by atoms with van der Waals surface area (Å²) in [5.41, 5.74) is 4.05. The van der Waals surface area contributed by atoms with Crippen LogP contribution in [-0.4, -0.2) is 45.3 Å². The van der Waals surface area contributed by atoms with Gasteiger partial charge in [0, 0.05) is 38.3 Å². The first-order chi connectivity index (χ1) is 11.0. The Morgan fingerprint density at radius 2 is 2.13 bits per heavy atom. The van der Waals surface area contributed by atoms with Crippen molar-refractivity contribution in [2.75, 3.05) is 39.2 Å². The van der Waals surface area contributed by atoms with Gasteiger partial charge in [-0.15, -0.1) is 0 Å². The fraction of sp³-hybridized carbons (Fsp3) is 0.471. The number of nitrogens with zero attached hydrogens (tertiary/aromatic N) is 2. The molecule has 124 valence electrons. The second kappa shape index (κ2) is 6.12. The first kappa shape index (κ1) is 15.7. The van der Waals surface area contributed by atoms with Gasteiger partial charge in [-0.3, -0.25) is 0 Å². The van der Waals surface area contributed by atoms with E-state index < -0.39 is 6.16 Å². The molecule has 23 heavy (non-hydrogen) atoms. The molecular formula is C17H22N2O4. The third-order valence-electron chi connectivity index (χ3n) is 4.09. The molecule has 0 saturated carbocycles. The van der Waals surface area contributed by atoms with Gasteiger partial charge in [0.2, 0.25) is 0 Å². The maximum absolute atomic E-state index is 11.7. The second-order valence-corrected chi connectivity index (χ2v) is 5.97. The highest BCUT2D eigenvalue weighted by molar-refractivity contribution is 5.92. The Bertz CT molecular complexity index is 736. The van der Waals surface area contributed by atoms with Crippen molar-refractivity contribution in [3.63, 3.8) is 0 Å². The number of furan rings is 1. The Hall–Kier alpha value is -2.21. The third-order valence-corrected chi connectivity index (χ3v) is 4.09. The first-order valence-corrected chi connectivity index (χ1v) is 7.79. The molecule has 0 spiro atoms. The van der Waals surface area contributed by atoms with Crippen molar-refractivity contribution in [1.82, 2.24) is 4.90 Å². The molecule has 0 radical (unpaired) electrons. The molecule has 2 aromatic rings. The molecular weight excluding hydrogens is 296 g/mol. The lowest BCUT2D eigenvalue weighted by molar-refractivity contribution is 0.0947. The zero-order chi connectivity index (χ0) is 16.6. The van der Waals surface area contributed by atoms with Crippen LogP contribution < -0.4 is 9.64 Å². The van der Waals surface area contributed by atoms with Crippen molar-refractivity contribution < 1.29 is 18.7 Å². The number of hydrogen-bond donors (Lipinski definition) is 0. The van der Waals surface area contributed by atoms with E-state index in [2.05, 4.69) is 9.80 Å². The summed E-state index contributed by atoms with van der Waals surface area (Å²) in [7, 11) is 6.11. The largest absolute Gasteiger partial charge is 0.516 e. The van der Waals surface area contributed by atoms with Crippen LogP contribution in [0.2, 0.25) is 0 Å². The number of likely N-dealkylation sites (N-methyl/N-ethyl adjacent to an activating group) is 1. The summed E-state index contributed by atoms with van der Waals surface area (Å²) >= 11 is 0. The molecule has 3 rings (SSSR count). The van der Waals surface area contributed by atoms with Crippen LogP contribution in [0.4, 0.5) is 10.5 Å². The molecule has 0 fully saturated rings. The van der Waals surface area contributed by atoms with E-state index in [0.29, 0.717) is 6.54 Å². The van der Waals surface area contributed by atoms with Crippen LogP contribution >= 0.6 is 0 Å². The summed E-state index contributed by atoms with van der Waals surface area (Å²) in [6.07, 6.45) is 0.191. The molecule has 1 aromatic heterocycles. The zero-order valence-corrected chi connectivity index (χ0v) is 14.0. The quantitative estimate of drug-likeness (QED) is 0.811. The van der Waals surface area contributed by atoms with Gasteiger partial charge in [-0.1, -0.05) is 0 Å². The SMILES string of the molecule is CCOC(=O)Oc1oc2ccc(N(C)C)c3c2c1CN(C)CC3. The lowest BCUT2D eigenvalue weighted by Gasteiger charge is -2.18. The monoisotopic (exact) mass is 318 g/mol. The van der Waals surface area contributed by atoms with Gasteiger partial charge in [0.1, 0.15) is 5.58 Å². The Morgan fingerprint density at radius 3 is 2.83 bits per heavy atom. The van der Waals surface area contributed by atoms with Crippen molar-refractivity contribution in [2.24, 2.45) is 0 Å². The lowest BCUT2D eigenvalue weighted by atomic mass is 10.0. The smallest absolute Gasteiger partial charge is 0.434 e. The zero-order valence-electron chi connectivity index (χ0n) is 14.0. The molecule has 0 aliphatic carbocycles. The van der Waals surface area contributed by atoms with Crippen LogP contribution in [0, 0.1) is 0 Å². The fourth-order valence-electron chi connectivity index (χ4n) is 3.07. The Kier molecular flexibility index (Phi) is 4.17. The Labute approximate surface area is 135 Å². The molecule has 0 atom stereocenters. The molecule has 1 aliphatic rings. The van der Waals surface area contributed by atoms with E-state index in [4.69, 9.17) is 13.9 Å². The lowest BCUT2D eigenvalue weighted by Crippen LogP contribution is -2.20. The highest BCUT2D eigenvalue weighted by atomic mass is 16.8. The van der Waals surface area contributed by atoms with Crippen molar-refractivity contribution in [2.45, 2.75) is 19.9 Å². The van der Waals surface area contributed by atoms with Crippen molar-refractivity contribution >= 4 is 22.8 Å². The van der Waals surface area contributed by atoms with E-state index in [1.807, 2.05) is 33.3 Å². The number of hydrogen-bond acceptors (Lipinski definition) is 6. The average Bonchev–Trinajstić information content (AvgIpc) is 2.71. The molecule has 0 bridgehead atoms. The van der Waals surface area contributed by atoms with Crippen molar-refractivity contribution in [3.8, 4) is 5.95 Å². The number of anilines is 1. The molecule has 6 heteroatoms. The van der Waals surface area contributed by atoms with Gasteiger partial charge < -0.3 is 23.7 Å². The van der Waals surface area contributed by atoms with Crippen LogP contribution in [0.25, 0.3) is 11.0 Å². The summed E-state index contributed by atoms with van der Waals surface area (Å²) < 4.78 is 16.0. The van der Waals surface area contributed by atoms with Gasteiger partial charge >= 0.3 is 12.1 Å². The summed E-state index contributed by atoms with van der Waals surface area (Å²) in [6, 6.07) is 3.98. The van der Waals surface area contributed by atoms with Crippen LogP contribution in [-0.2, 0) is 17.7 Å². The summed E-state index contributed by atoms with van der Waals surface area (Å²) in [5.74, 6) is 0.240. The molecule has 1 aliphatic heterocycles. The van der Waals surface area contributed by atoms with Crippen molar-refractivity contribution in [3.05, 3.63) is 23.3 Å². The Balaban J connectivity index is 2.14. The van der Waals surface area contributed by atoms with Crippen LogP contribution in [0.15, 0.2) is 16.5 Å². The van der Waals surface area contributed by atoms with Crippen LogP contribution in [0.3, 0.4) is 0 Å². The second-order valence-electron chi connectivity index (χ2n) is 5.97. The third kappa shape index (κ3) is 2.86. The molecule has 0 amide bonds. The van der Waals surface area contributed by atoms with Gasteiger partial charge in [0.15, 0.2) is 0 Å². The standard InChI is InChI=1S/C17H22N2O4/c1-5-21-17(20)23-16-12-10-19(4)9-8-11-13(18(2)3)6-7-14(22-16)15(11)12/h6-7H,5,8-10H2,1-4H3. The molecule has 2 heterocycles. The minimum atomic E-state index is -0.732. The van der Waals surface area contributed by atoms with Crippen LogP contribution in [0.1, 0.15) is 18.1 Å². The number of rotatable bonds is 3. The average molecular weight is 318 g/mol. The molecule has 0 unspecified atom stereocenters. The topological polar surface area (TPSA) is 55.2 Å². The number of carbonyl (C=O) groups is 1. The predicted octanol–water partition coefficient (Wildman–Crippen LogP) is 3.02. The van der Waals surface area contributed by atoms with E-state index in [9.17, 15) is 4.79 Å². The van der Waals surface area contributed by atoms with Gasteiger partial charge in [-0.2, -0.15) is 0 Å². The van der Waals surface area contributed by atoms with E-state index in [1.54, 1.807) is 6.92 Å². The highest BCUT2D eigenvalue weighted by Gasteiger charge is 2.26. The number of ether oxygens (including phenoxy) is 2. The van der Waals surface area contributed by atoms with E-state index in [1.165, 1.54) is 5.56 Å². The van der Waals surface area contributed by atoms with Crippen LogP contribution in [0.5, 0.6) is 5.95 Å². The van der Waals surface area contributed by atoms with Gasteiger partial charge in [0.25, 0.3) is 0 Å². The summed E-state index contributed by atoms with van der Waals surface area (Å²) in [5, 5.41) is 1.06. The predicted molar refractivity (Wildman–Crippen MR) is 88.2 cm³/mol. The first-order valence-electron chi connectivity index (χ1n) is 7.79. The summed E-state index contributed by atoms with van der Waals surface area (Å²) in [4.78, 5) is 16.0. The van der Waals surface area contributed by atoms with E-state index >= 15 is 0 Å². The molecule has 0 saturated heterocycles. The van der Waals surface area contributed by atoms with Crippen molar-refractivity contribution in [1.29, 1.82) is 0 Å². The fourth-order valence-corrected chi connectivity index (χ4v) is 3.07. The minimum absolute atomic E-state index is 0.240.